The minimum Gasteiger partial charge on any atom is -0.493 e. The van der Waals surface area contributed by atoms with E-state index < -0.39 is 0 Å². The molecule has 2 rings (SSSR count). The molecule has 0 aromatic heterocycles. The van der Waals surface area contributed by atoms with Gasteiger partial charge in [-0.2, -0.15) is 0 Å². The number of halogens is 3. The molecule has 2 aromatic rings. The summed E-state index contributed by atoms with van der Waals surface area (Å²) in [6, 6.07) is 8.27. The molecule has 0 N–H and O–H groups in total. The summed E-state index contributed by atoms with van der Waals surface area (Å²) < 4.78 is 11.2. The van der Waals surface area contributed by atoms with Crippen molar-refractivity contribution < 1.29 is 14.3 Å². The summed E-state index contributed by atoms with van der Waals surface area (Å²) >= 11 is 14.2. The van der Waals surface area contributed by atoms with E-state index in [1.54, 1.807) is 30.3 Å². The molecule has 0 heterocycles. The van der Waals surface area contributed by atoms with E-state index in [1.165, 1.54) is 14.2 Å². The van der Waals surface area contributed by atoms with Gasteiger partial charge in [-0.15, -0.1) is 0 Å². The zero-order valence-corrected chi connectivity index (χ0v) is 14.9. The number of rotatable bonds is 4. The predicted octanol–water partition coefficient (Wildman–Crippen LogP) is 4.85. The summed E-state index contributed by atoms with van der Waals surface area (Å²) in [7, 11) is 3.01. The van der Waals surface area contributed by atoms with E-state index in [0.29, 0.717) is 32.7 Å². The van der Waals surface area contributed by atoms with Gasteiger partial charge in [-0.1, -0.05) is 23.2 Å². The molecule has 0 atom stereocenters. The second-order valence-electron chi connectivity index (χ2n) is 4.14. The van der Waals surface area contributed by atoms with Crippen LogP contribution in [-0.2, 0) is 0 Å². The average molecular weight is 437 g/mol. The van der Waals surface area contributed by atoms with Crippen LogP contribution in [0.15, 0.2) is 30.3 Å². The Balaban J connectivity index is 2.55. The molecule has 0 amide bonds. The number of carbonyl (C=O) groups excluding carboxylic acids is 1. The standard InChI is InChI=1S/C15H11Cl2IO3/c1-20-13-6-9(11(17)7-14(13)21-2)15(19)10-5-8(16)3-4-12(10)18/h3-7H,1-2H3. The van der Waals surface area contributed by atoms with Crippen molar-refractivity contribution in [3.63, 3.8) is 0 Å². The molecule has 0 bridgehead atoms. The minimum absolute atomic E-state index is 0.215. The van der Waals surface area contributed by atoms with Crippen molar-refractivity contribution in [2.24, 2.45) is 0 Å². The van der Waals surface area contributed by atoms with Crippen LogP contribution in [0, 0.1) is 3.57 Å². The lowest BCUT2D eigenvalue weighted by atomic mass is 10.0. The number of ether oxygens (including phenoxy) is 2. The third kappa shape index (κ3) is 3.44. The lowest BCUT2D eigenvalue weighted by molar-refractivity contribution is 0.103. The zero-order valence-electron chi connectivity index (χ0n) is 11.2. The molecule has 0 saturated carbocycles. The zero-order chi connectivity index (χ0) is 15.6. The van der Waals surface area contributed by atoms with Gasteiger partial charge >= 0.3 is 0 Å². The van der Waals surface area contributed by atoms with E-state index in [-0.39, 0.29) is 5.78 Å². The lowest BCUT2D eigenvalue weighted by Crippen LogP contribution is -2.06. The van der Waals surface area contributed by atoms with Gasteiger partial charge in [0.15, 0.2) is 17.3 Å². The molecule has 0 aliphatic heterocycles. The summed E-state index contributed by atoms with van der Waals surface area (Å²) in [4.78, 5) is 12.7. The molecule has 3 nitrogen and oxygen atoms in total. The van der Waals surface area contributed by atoms with E-state index in [2.05, 4.69) is 22.6 Å². The molecule has 2 aromatic carbocycles. The first-order valence-electron chi connectivity index (χ1n) is 5.89. The Bertz CT molecular complexity index is 702. The highest BCUT2D eigenvalue weighted by molar-refractivity contribution is 14.1. The molecular weight excluding hydrogens is 426 g/mol. The summed E-state index contributed by atoms with van der Waals surface area (Å²) in [6.45, 7) is 0. The maximum atomic E-state index is 12.7. The van der Waals surface area contributed by atoms with Crippen molar-refractivity contribution in [3.8, 4) is 11.5 Å². The van der Waals surface area contributed by atoms with Crippen LogP contribution < -0.4 is 9.47 Å². The number of carbonyl (C=O) groups is 1. The van der Waals surface area contributed by atoms with E-state index >= 15 is 0 Å². The van der Waals surface area contributed by atoms with E-state index in [4.69, 9.17) is 32.7 Å². The number of methoxy groups -OCH3 is 2. The van der Waals surface area contributed by atoms with Crippen molar-refractivity contribution in [1.82, 2.24) is 0 Å². The first kappa shape index (κ1) is 16.4. The van der Waals surface area contributed by atoms with Crippen LogP contribution in [0.1, 0.15) is 15.9 Å². The number of ketones is 1. The van der Waals surface area contributed by atoms with Crippen LogP contribution in [0.2, 0.25) is 10.0 Å². The molecule has 21 heavy (non-hydrogen) atoms. The Kier molecular flexibility index (Phi) is 5.35. The van der Waals surface area contributed by atoms with E-state index in [9.17, 15) is 4.79 Å². The van der Waals surface area contributed by atoms with Gasteiger partial charge in [0.05, 0.1) is 19.2 Å². The van der Waals surface area contributed by atoms with E-state index in [1.807, 2.05) is 0 Å². The largest absolute Gasteiger partial charge is 0.493 e. The minimum atomic E-state index is -0.215. The van der Waals surface area contributed by atoms with Gasteiger partial charge in [0.25, 0.3) is 0 Å². The smallest absolute Gasteiger partial charge is 0.195 e. The Labute approximate surface area is 146 Å². The molecule has 110 valence electrons. The summed E-state index contributed by atoms with van der Waals surface area (Å²) in [5.41, 5.74) is 0.840. The summed E-state index contributed by atoms with van der Waals surface area (Å²) in [5, 5.41) is 0.795. The summed E-state index contributed by atoms with van der Waals surface area (Å²) in [6.07, 6.45) is 0. The van der Waals surface area contributed by atoms with Gasteiger partial charge in [0, 0.05) is 25.8 Å². The average Bonchev–Trinajstić information content (AvgIpc) is 2.48. The van der Waals surface area contributed by atoms with Gasteiger partial charge in [0.2, 0.25) is 0 Å². The molecule has 0 aliphatic carbocycles. The summed E-state index contributed by atoms with van der Waals surface area (Å²) in [5.74, 6) is 0.704. The van der Waals surface area contributed by atoms with Gasteiger partial charge in [-0.3, -0.25) is 4.79 Å². The highest BCUT2D eigenvalue weighted by Crippen LogP contribution is 2.34. The molecule has 0 aliphatic rings. The van der Waals surface area contributed by atoms with Crippen molar-refractivity contribution in [2.75, 3.05) is 14.2 Å². The third-order valence-corrected chi connectivity index (χ3v) is 4.38. The van der Waals surface area contributed by atoms with Crippen LogP contribution in [0.25, 0.3) is 0 Å². The van der Waals surface area contributed by atoms with Gasteiger partial charge in [-0.05, 0) is 46.9 Å². The van der Waals surface area contributed by atoms with Crippen LogP contribution in [-0.4, -0.2) is 20.0 Å². The maximum absolute atomic E-state index is 12.7. The van der Waals surface area contributed by atoms with Crippen LogP contribution in [0.5, 0.6) is 11.5 Å². The Morgan fingerprint density at radius 2 is 1.62 bits per heavy atom. The number of benzene rings is 2. The monoisotopic (exact) mass is 436 g/mol. The fourth-order valence-electron chi connectivity index (χ4n) is 1.84. The van der Waals surface area contributed by atoms with Crippen molar-refractivity contribution >= 4 is 51.6 Å². The molecule has 6 heteroatoms. The quantitative estimate of drug-likeness (QED) is 0.507. The number of hydrogen-bond donors (Lipinski definition) is 0. The van der Waals surface area contributed by atoms with Gasteiger partial charge < -0.3 is 9.47 Å². The van der Waals surface area contributed by atoms with Crippen molar-refractivity contribution in [3.05, 3.63) is 55.1 Å². The van der Waals surface area contributed by atoms with Crippen molar-refractivity contribution in [1.29, 1.82) is 0 Å². The molecule has 0 radical (unpaired) electrons. The lowest BCUT2D eigenvalue weighted by Gasteiger charge is -2.12. The highest BCUT2D eigenvalue weighted by Gasteiger charge is 2.19. The molecule has 0 unspecified atom stereocenters. The maximum Gasteiger partial charge on any atom is 0.195 e. The second kappa shape index (κ2) is 6.85. The first-order valence-corrected chi connectivity index (χ1v) is 7.72. The first-order chi connectivity index (χ1) is 9.97. The predicted molar refractivity (Wildman–Crippen MR) is 92.2 cm³/mol. The number of hydrogen-bond acceptors (Lipinski definition) is 3. The van der Waals surface area contributed by atoms with E-state index in [0.717, 1.165) is 3.57 Å². The van der Waals surface area contributed by atoms with Crippen LogP contribution in [0.3, 0.4) is 0 Å². The normalized spacial score (nSPS) is 10.3. The Hall–Kier alpha value is -0.980. The fourth-order valence-corrected chi connectivity index (χ4v) is 2.84. The second-order valence-corrected chi connectivity index (χ2v) is 6.15. The highest BCUT2D eigenvalue weighted by atomic mass is 127. The fraction of sp³-hybridized carbons (Fsp3) is 0.133. The third-order valence-electron chi connectivity index (χ3n) is 2.89. The molecule has 0 spiro atoms. The molecule has 0 fully saturated rings. The Morgan fingerprint density at radius 1 is 1.00 bits per heavy atom. The molecular formula is C15H11Cl2IO3. The SMILES string of the molecule is COc1cc(Cl)c(C(=O)c2cc(Cl)ccc2I)cc1OC. The molecule has 0 saturated heterocycles. The van der Waals surface area contributed by atoms with Crippen LogP contribution >= 0.6 is 45.8 Å². The van der Waals surface area contributed by atoms with Gasteiger partial charge in [0.1, 0.15) is 0 Å². The topological polar surface area (TPSA) is 35.5 Å². The van der Waals surface area contributed by atoms with Crippen molar-refractivity contribution in [2.45, 2.75) is 0 Å². The Morgan fingerprint density at radius 3 is 2.24 bits per heavy atom. The van der Waals surface area contributed by atoms with Gasteiger partial charge in [-0.25, -0.2) is 0 Å². The van der Waals surface area contributed by atoms with Crippen LogP contribution in [0.4, 0.5) is 0 Å².